The fraction of sp³-hybridized carbons (Fsp3) is 0.556. The summed E-state index contributed by atoms with van der Waals surface area (Å²) in [5, 5.41) is 0. The Hall–Kier alpha value is -0.370. The van der Waals surface area contributed by atoms with Gasteiger partial charge in [0.05, 0.1) is 0 Å². The first-order chi connectivity index (χ1) is 5.43. The Morgan fingerprint density at radius 2 is 2.36 bits per heavy atom. The maximum Gasteiger partial charge on any atom is 0.0246 e. The zero-order chi connectivity index (χ0) is 7.94. The van der Waals surface area contributed by atoms with Crippen LogP contribution in [0.4, 0.5) is 0 Å². The van der Waals surface area contributed by atoms with Crippen LogP contribution in [-0.2, 0) is 0 Å². The zero-order valence-electron chi connectivity index (χ0n) is 6.97. The summed E-state index contributed by atoms with van der Waals surface area (Å²) in [6.07, 6.45) is 8.04. The van der Waals surface area contributed by atoms with Crippen molar-refractivity contribution in [2.24, 2.45) is 0 Å². The summed E-state index contributed by atoms with van der Waals surface area (Å²) in [6, 6.07) is 2.12. The molecule has 0 saturated carbocycles. The van der Waals surface area contributed by atoms with Gasteiger partial charge in [-0.3, -0.25) is 0 Å². The third kappa shape index (κ3) is 3.51. The molecule has 1 rings (SSSR count). The van der Waals surface area contributed by atoms with Crippen LogP contribution in [0.1, 0.15) is 26.2 Å². The third-order valence-electron chi connectivity index (χ3n) is 1.59. The smallest absolute Gasteiger partial charge is 0.0246 e. The fourth-order valence-electron chi connectivity index (χ4n) is 0.940. The van der Waals surface area contributed by atoms with Crippen molar-refractivity contribution in [3.05, 3.63) is 18.5 Å². The highest BCUT2D eigenvalue weighted by atomic mass is 32.2. The minimum absolute atomic E-state index is 1.26. The molecule has 1 aromatic rings. The minimum Gasteiger partial charge on any atom is -0.367 e. The zero-order valence-corrected chi connectivity index (χ0v) is 7.79. The molecule has 0 aromatic carbocycles. The van der Waals surface area contributed by atoms with E-state index in [-0.39, 0.29) is 0 Å². The van der Waals surface area contributed by atoms with E-state index in [2.05, 4.69) is 24.2 Å². The Kier molecular flexibility index (Phi) is 4.21. The molecule has 0 saturated heterocycles. The SMILES string of the molecule is CCCCCSc1cc[nH]c1. The molecule has 62 valence electrons. The molecular formula is C9H15NS. The molecule has 0 unspecified atom stereocenters. The standard InChI is InChI=1S/C9H15NS/c1-2-3-4-7-11-9-5-6-10-8-9/h5-6,8,10H,2-4,7H2,1H3. The van der Waals surface area contributed by atoms with Crippen LogP contribution in [0, 0.1) is 0 Å². The first kappa shape index (κ1) is 8.72. The van der Waals surface area contributed by atoms with Crippen LogP contribution in [0.5, 0.6) is 0 Å². The van der Waals surface area contributed by atoms with E-state index in [9.17, 15) is 0 Å². The normalized spacial score (nSPS) is 10.3. The summed E-state index contributed by atoms with van der Waals surface area (Å²) in [6.45, 7) is 2.24. The van der Waals surface area contributed by atoms with Crippen molar-refractivity contribution in [1.29, 1.82) is 0 Å². The molecule has 0 spiro atoms. The van der Waals surface area contributed by atoms with Crippen molar-refractivity contribution in [3.63, 3.8) is 0 Å². The highest BCUT2D eigenvalue weighted by molar-refractivity contribution is 7.99. The fourth-order valence-corrected chi connectivity index (χ4v) is 1.84. The molecular weight excluding hydrogens is 154 g/mol. The quantitative estimate of drug-likeness (QED) is 0.528. The lowest BCUT2D eigenvalue weighted by atomic mass is 10.3. The molecule has 1 heterocycles. The number of unbranched alkanes of at least 4 members (excludes halogenated alkanes) is 2. The second-order valence-corrected chi connectivity index (χ2v) is 3.77. The van der Waals surface area contributed by atoms with Crippen molar-refractivity contribution >= 4 is 11.8 Å². The molecule has 1 N–H and O–H groups in total. The first-order valence-electron chi connectivity index (χ1n) is 4.19. The van der Waals surface area contributed by atoms with Crippen LogP contribution in [0.15, 0.2) is 23.4 Å². The molecule has 0 atom stereocenters. The van der Waals surface area contributed by atoms with Crippen LogP contribution in [0.25, 0.3) is 0 Å². The van der Waals surface area contributed by atoms with Gasteiger partial charge in [0.25, 0.3) is 0 Å². The third-order valence-corrected chi connectivity index (χ3v) is 2.67. The van der Waals surface area contributed by atoms with Crippen molar-refractivity contribution in [2.45, 2.75) is 31.1 Å². The molecule has 0 aliphatic carbocycles. The number of H-pyrrole nitrogens is 1. The van der Waals surface area contributed by atoms with Crippen molar-refractivity contribution in [1.82, 2.24) is 4.98 Å². The number of hydrogen-bond acceptors (Lipinski definition) is 1. The van der Waals surface area contributed by atoms with E-state index in [1.54, 1.807) is 0 Å². The maximum absolute atomic E-state index is 3.05. The number of aromatic nitrogens is 1. The molecule has 0 aliphatic heterocycles. The molecule has 0 bridgehead atoms. The molecule has 1 nitrogen and oxygen atoms in total. The van der Waals surface area contributed by atoms with Gasteiger partial charge in [-0.05, 0) is 18.2 Å². The second-order valence-electron chi connectivity index (χ2n) is 2.60. The number of hydrogen-bond donors (Lipinski definition) is 1. The van der Waals surface area contributed by atoms with E-state index in [4.69, 9.17) is 0 Å². The summed E-state index contributed by atoms with van der Waals surface area (Å²) in [5.41, 5.74) is 0. The number of nitrogens with one attached hydrogen (secondary N) is 1. The van der Waals surface area contributed by atoms with Gasteiger partial charge in [0.15, 0.2) is 0 Å². The van der Waals surface area contributed by atoms with Crippen LogP contribution < -0.4 is 0 Å². The molecule has 0 fully saturated rings. The van der Waals surface area contributed by atoms with Gasteiger partial charge in [-0.1, -0.05) is 19.8 Å². The molecule has 1 aromatic heterocycles. The Morgan fingerprint density at radius 1 is 1.45 bits per heavy atom. The van der Waals surface area contributed by atoms with E-state index >= 15 is 0 Å². The van der Waals surface area contributed by atoms with Crippen LogP contribution in [0.2, 0.25) is 0 Å². The topological polar surface area (TPSA) is 15.8 Å². The van der Waals surface area contributed by atoms with Crippen molar-refractivity contribution in [3.8, 4) is 0 Å². The Bertz CT molecular complexity index is 170. The molecule has 0 radical (unpaired) electrons. The van der Waals surface area contributed by atoms with E-state index in [1.165, 1.54) is 29.9 Å². The number of thioether (sulfide) groups is 1. The van der Waals surface area contributed by atoms with E-state index in [0.717, 1.165) is 0 Å². The van der Waals surface area contributed by atoms with E-state index in [1.807, 2.05) is 18.0 Å². The summed E-state index contributed by atoms with van der Waals surface area (Å²) >= 11 is 1.94. The van der Waals surface area contributed by atoms with Gasteiger partial charge >= 0.3 is 0 Å². The summed E-state index contributed by atoms with van der Waals surface area (Å²) in [7, 11) is 0. The largest absolute Gasteiger partial charge is 0.367 e. The van der Waals surface area contributed by atoms with E-state index in [0.29, 0.717) is 0 Å². The van der Waals surface area contributed by atoms with Gasteiger partial charge in [0.1, 0.15) is 0 Å². The van der Waals surface area contributed by atoms with Gasteiger partial charge in [-0.15, -0.1) is 11.8 Å². The summed E-state index contributed by atoms with van der Waals surface area (Å²) < 4.78 is 0. The van der Waals surface area contributed by atoms with Crippen LogP contribution in [0.3, 0.4) is 0 Å². The van der Waals surface area contributed by atoms with Gasteiger partial charge in [-0.2, -0.15) is 0 Å². The number of aromatic amines is 1. The molecule has 11 heavy (non-hydrogen) atoms. The lowest BCUT2D eigenvalue weighted by molar-refractivity contribution is 0.778. The van der Waals surface area contributed by atoms with Gasteiger partial charge < -0.3 is 4.98 Å². The molecule has 0 amide bonds. The summed E-state index contributed by atoms with van der Waals surface area (Å²) in [4.78, 5) is 4.41. The highest BCUT2D eigenvalue weighted by Crippen LogP contribution is 2.17. The van der Waals surface area contributed by atoms with Crippen molar-refractivity contribution in [2.75, 3.05) is 5.75 Å². The molecule has 2 heteroatoms. The maximum atomic E-state index is 3.05. The van der Waals surface area contributed by atoms with Crippen LogP contribution in [-0.4, -0.2) is 10.7 Å². The van der Waals surface area contributed by atoms with E-state index < -0.39 is 0 Å². The predicted molar refractivity (Wildman–Crippen MR) is 51.0 cm³/mol. The predicted octanol–water partition coefficient (Wildman–Crippen LogP) is 3.30. The Balaban J connectivity index is 2.04. The Morgan fingerprint density at radius 3 is 3.00 bits per heavy atom. The van der Waals surface area contributed by atoms with Gasteiger partial charge in [0, 0.05) is 17.3 Å². The first-order valence-corrected chi connectivity index (χ1v) is 5.17. The monoisotopic (exact) mass is 169 g/mol. The van der Waals surface area contributed by atoms with Crippen molar-refractivity contribution < 1.29 is 0 Å². The van der Waals surface area contributed by atoms with Crippen LogP contribution >= 0.6 is 11.8 Å². The average Bonchev–Trinajstić information content (AvgIpc) is 2.50. The molecule has 0 aliphatic rings. The lowest BCUT2D eigenvalue weighted by Gasteiger charge is -1.95. The second kappa shape index (κ2) is 5.30. The summed E-state index contributed by atoms with van der Waals surface area (Å²) in [5.74, 6) is 1.26. The minimum atomic E-state index is 1.26. The lowest BCUT2D eigenvalue weighted by Crippen LogP contribution is -1.77. The highest BCUT2D eigenvalue weighted by Gasteiger charge is 1.91. The van der Waals surface area contributed by atoms with Gasteiger partial charge in [0.2, 0.25) is 0 Å². The Labute approximate surface area is 72.6 Å². The average molecular weight is 169 g/mol. The number of rotatable bonds is 5. The van der Waals surface area contributed by atoms with Gasteiger partial charge in [-0.25, -0.2) is 0 Å².